The van der Waals surface area contributed by atoms with Gasteiger partial charge in [0.1, 0.15) is 6.04 Å². The molecule has 24 heavy (non-hydrogen) atoms. The van der Waals surface area contributed by atoms with Gasteiger partial charge in [0.25, 0.3) is 0 Å². The lowest BCUT2D eigenvalue weighted by Gasteiger charge is -2.31. The number of primary amides is 1. The summed E-state index contributed by atoms with van der Waals surface area (Å²) in [5.74, 6) is -0.965. The molecule has 0 bridgehead atoms. The van der Waals surface area contributed by atoms with Crippen molar-refractivity contribution in [3.63, 3.8) is 0 Å². The molecule has 0 saturated carbocycles. The van der Waals surface area contributed by atoms with E-state index >= 15 is 0 Å². The minimum absolute atomic E-state index is 0.0526. The summed E-state index contributed by atoms with van der Waals surface area (Å²) in [6, 6.07) is 8.95. The molecule has 0 aromatic heterocycles. The van der Waals surface area contributed by atoms with E-state index in [1.165, 1.54) is 0 Å². The Morgan fingerprint density at radius 1 is 1.21 bits per heavy atom. The van der Waals surface area contributed by atoms with Crippen molar-refractivity contribution >= 4 is 23.8 Å². The summed E-state index contributed by atoms with van der Waals surface area (Å²) in [5, 5.41) is 2.61. The number of nitrogens with zero attached hydrogens (tertiary/aromatic N) is 1. The number of benzene rings is 1. The van der Waals surface area contributed by atoms with Crippen molar-refractivity contribution in [1.29, 1.82) is 0 Å². The van der Waals surface area contributed by atoms with Crippen LogP contribution in [0.4, 0.5) is 0 Å². The van der Waals surface area contributed by atoms with Crippen LogP contribution in [0.1, 0.15) is 25.3 Å². The molecule has 1 saturated heterocycles. The maximum Gasteiger partial charge on any atom is 0.246 e. The molecule has 3 amide bonds. The molecule has 0 aliphatic carbocycles. The quantitative estimate of drug-likeness (QED) is 0.787. The molecule has 1 heterocycles. The number of carbonyl (C=O) groups is 3. The Labute approximate surface area is 141 Å². The molecule has 1 aliphatic heterocycles. The maximum atomic E-state index is 12.2. The van der Waals surface area contributed by atoms with Gasteiger partial charge in [-0.25, -0.2) is 0 Å². The summed E-state index contributed by atoms with van der Waals surface area (Å²) in [7, 11) is 0. The average molecular weight is 329 g/mol. The number of hydrogen-bond acceptors (Lipinski definition) is 3. The largest absolute Gasteiger partial charge is 0.368 e. The summed E-state index contributed by atoms with van der Waals surface area (Å²) < 4.78 is 0. The van der Waals surface area contributed by atoms with E-state index in [0.29, 0.717) is 25.9 Å². The highest BCUT2D eigenvalue weighted by molar-refractivity contribution is 5.92. The maximum absolute atomic E-state index is 12.2. The summed E-state index contributed by atoms with van der Waals surface area (Å²) in [5.41, 5.74) is 6.12. The highest BCUT2D eigenvalue weighted by Gasteiger charge is 2.27. The molecule has 1 unspecified atom stereocenters. The molecule has 128 valence electrons. The first-order valence-electron chi connectivity index (χ1n) is 8.09. The number of rotatable bonds is 5. The molecule has 1 fully saturated rings. The van der Waals surface area contributed by atoms with Gasteiger partial charge in [0, 0.05) is 25.1 Å². The zero-order valence-corrected chi connectivity index (χ0v) is 13.8. The smallest absolute Gasteiger partial charge is 0.246 e. The molecular weight excluding hydrogens is 306 g/mol. The summed E-state index contributed by atoms with van der Waals surface area (Å²) in [6.07, 6.45) is 4.52. The SMILES string of the molecule is CC(NC(=O)C1CCN(C(=O)/C=C/c2ccccc2)CC1)C(N)=O. The molecule has 1 aromatic carbocycles. The minimum atomic E-state index is -0.675. The Balaban J connectivity index is 1.81. The third kappa shape index (κ3) is 4.94. The topological polar surface area (TPSA) is 92.5 Å². The van der Waals surface area contributed by atoms with E-state index in [-0.39, 0.29) is 17.7 Å². The first-order chi connectivity index (χ1) is 11.5. The van der Waals surface area contributed by atoms with Crippen molar-refractivity contribution in [3.05, 3.63) is 42.0 Å². The van der Waals surface area contributed by atoms with Crippen LogP contribution in [0.25, 0.3) is 6.08 Å². The molecule has 0 spiro atoms. The van der Waals surface area contributed by atoms with Crippen molar-refractivity contribution in [2.75, 3.05) is 13.1 Å². The Morgan fingerprint density at radius 2 is 1.83 bits per heavy atom. The Bertz CT molecular complexity index is 620. The van der Waals surface area contributed by atoms with Crippen LogP contribution in [-0.2, 0) is 14.4 Å². The van der Waals surface area contributed by atoms with Gasteiger partial charge in [-0.15, -0.1) is 0 Å². The van der Waals surface area contributed by atoms with E-state index in [1.54, 1.807) is 24.0 Å². The lowest BCUT2D eigenvalue weighted by atomic mass is 9.95. The molecule has 1 aliphatic rings. The highest BCUT2D eigenvalue weighted by atomic mass is 16.2. The monoisotopic (exact) mass is 329 g/mol. The van der Waals surface area contributed by atoms with Crippen LogP contribution < -0.4 is 11.1 Å². The van der Waals surface area contributed by atoms with Crippen molar-refractivity contribution < 1.29 is 14.4 Å². The van der Waals surface area contributed by atoms with Gasteiger partial charge in [-0.2, -0.15) is 0 Å². The number of amides is 3. The van der Waals surface area contributed by atoms with Gasteiger partial charge in [0.15, 0.2) is 0 Å². The molecule has 2 rings (SSSR count). The van der Waals surface area contributed by atoms with E-state index < -0.39 is 11.9 Å². The minimum Gasteiger partial charge on any atom is -0.368 e. The third-order valence-electron chi connectivity index (χ3n) is 4.18. The van der Waals surface area contributed by atoms with Gasteiger partial charge >= 0.3 is 0 Å². The second-order valence-electron chi connectivity index (χ2n) is 5.98. The van der Waals surface area contributed by atoms with Gasteiger partial charge in [-0.05, 0) is 31.4 Å². The summed E-state index contributed by atoms with van der Waals surface area (Å²) in [4.78, 5) is 37.0. The van der Waals surface area contributed by atoms with E-state index in [1.807, 2.05) is 30.3 Å². The fourth-order valence-corrected chi connectivity index (χ4v) is 2.60. The van der Waals surface area contributed by atoms with Crippen molar-refractivity contribution in [2.24, 2.45) is 11.7 Å². The van der Waals surface area contributed by atoms with Crippen LogP contribution in [0.5, 0.6) is 0 Å². The lowest BCUT2D eigenvalue weighted by molar-refractivity contribution is -0.133. The Morgan fingerprint density at radius 3 is 2.42 bits per heavy atom. The van der Waals surface area contributed by atoms with Gasteiger partial charge in [-0.3, -0.25) is 14.4 Å². The molecule has 3 N–H and O–H groups in total. The highest BCUT2D eigenvalue weighted by Crippen LogP contribution is 2.18. The number of piperidine rings is 1. The number of nitrogens with one attached hydrogen (secondary N) is 1. The van der Waals surface area contributed by atoms with E-state index in [4.69, 9.17) is 5.73 Å². The van der Waals surface area contributed by atoms with Crippen molar-refractivity contribution in [2.45, 2.75) is 25.8 Å². The standard InChI is InChI=1S/C18H23N3O3/c1-13(17(19)23)20-18(24)15-9-11-21(12-10-15)16(22)8-7-14-5-3-2-4-6-14/h2-8,13,15H,9-12H2,1H3,(H2,19,23)(H,20,24)/b8-7+. The molecule has 6 heteroatoms. The van der Waals surface area contributed by atoms with Crippen LogP contribution in [0, 0.1) is 5.92 Å². The van der Waals surface area contributed by atoms with Crippen LogP contribution in [0.15, 0.2) is 36.4 Å². The number of likely N-dealkylation sites (tertiary alicyclic amines) is 1. The van der Waals surface area contributed by atoms with Crippen LogP contribution in [0.3, 0.4) is 0 Å². The second-order valence-corrected chi connectivity index (χ2v) is 5.98. The van der Waals surface area contributed by atoms with Crippen molar-refractivity contribution in [3.8, 4) is 0 Å². The number of nitrogens with two attached hydrogens (primary N) is 1. The lowest BCUT2D eigenvalue weighted by Crippen LogP contribution is -2.47. The zero-order valence-electron chi connectivity index (χ0n) is 13.8. The second kappa shape index (κ2) is 8.29. The Kier molecular flexibility index (Phi) is 6.12. The van der Waals surface area contributed by atoms with E-state index in [0.717, 1.165) is 5.56 Å². The first kappa shape index (κ1) is 17.7. The number of carbonyl (C=O) groups excluding carboxylic acids is 3. The summed E-state index contributed by atoms with van der Waals surface area (Å²) >= 11 is 0. The molecule has 0 radical (unpaired) electrons. The van der Waals surface area contributed by atoms with Crippen molar-refractivity contribution in [1.82, 2.24) is 10.2 Å². The van der Waals surface area contributed by atoms with Gasteiger partial charge in [0.2, 0.25) is 17.7 Å². The van der Waals surface area contributed by atoms with Gasteiger partial charge in [-0.1, -0.05) is 30.3 Å². The molecular formula is C18H23N3O3. The van der Waals surface area contributed by atoms with Crippen LogP contribution >= 0.6 is 0 Å². The predicted molar refractivity (Wildman–Crippen MR) is 91.6 cm³/mol. The average Bonchev–Trinajstić information content (AvgIpc) is 2.60. The van der Waals surface area contributed by atoms with Gasteiger partial charge < -0.3 is 16.0 Å². The Hall–Kier alpha value is -2.63. The van der Waals surface area contributed by atoms with Crippen LogP contribution in [-0.4, -0.2) is 41.8 Å². The molecule has 1 aromatic rings. The zero-order chi connectivity index (χ0) is 17.5. The van der Waals surface area contributed by atoms with E-state index in [2.05, 4.69) is 5.32 Å². The normalized spacial score (nSPS) is 16.8. The fourth-order valence-electron chi connectivity index (χ4n) is 2.60. The number of hydrogen-bond donors (Lipinski definition) is 2. The fraction of sp³-hybridized carbons (Fsp3) is 0.389. The van der Waals surface area contributed by atoms with Crippen LogP contribution in [0.2, 0.25) is 0 Å². The molecule has 1 atom stereocenters. The van der Waals surface area contributed by atoms with E-state index in [9.17, 15) is 14.4 Å². The summed E-state index contributed by atoms with van der Waals surface area (Å²) in [6.45, 7) is 2.62. The first-order valence-corrected chi connectivity index (χ1v) is 8.09. The van der Waals surface area contributed by atoms with Gasteiger partial charge in [0.05, 0.1) is 0 Å². The third-order valence-corrected chi connectivity index (χ3v) is 4.18. The molecule has 6 nitrogen and oxygen atoms in total. The predicted octanol–water partition coefficient (Wildman–Crippen LogP) is 0.928.